The SMILES string of the molecule is CC(C)(C)c1cc(-c2nccc3cc(-c4ccc5ccoc5c4)oc23)[c-]c2ccccc12.CCC(C)(CC)C(=O)/C=C(\O)C(C)(CC)CC.[Ir]. The van der Waals surface area contributed by atoms with E-state index in [2.05, 4.69) is 69.3 Å². The molecule has 0 aliphatic heterocycles. The van der Waals surface area contributed by atoms with Crippen LogP contribution in [0.4, 0.5) is 0 Å². The van der Waals surface area contributed by atoms with Crippen LogP contribution in [0.2, 0.25) is 0 Å². The van der Waals surface area contributed by atoms with Crippen molar-refractivity contribution < 1.29 is 38.8 Å². The van der Waals surface area contributed by atoms with E-state index in [1.807, 2.05) is 72.0 Å². The molecule has 265 valence electrons. The quantitative estimate of drug-likeness (QED) is 0.0891. The summed E-state index contributed by atoms with van der Waals surface area (Å²) in [5.74, 6) is 1.08. The van der Waals surface area contributed by atoms with Gasteiger partial charge in [0.1, 0.15) is 22.7 Å². The number of allylic oxidation sites excluding steroid dienone is 2. The molecule has 5 nitrogen and oxygen atoms in total. The maximum Gasteiger partial charge on any atom is 0.164 e. The molecule has 6 aromatic rings. The third-order valence-corrected chi connectivity index (χ3v) is 10.6. The number of aliphatic hydroxyl groups is 1. The summed E-state index contributed by atoms with van der Waals surface area (Å²) in [5, 5.41) is 14.5. The molecular weight excluding hydrogens is 799 g/mol. The van der Waals surface area contributed by atoms with Crippen LogP contribution in [-0.2, 0) is 30.3 Å². The second-order valence-electron chi connectivity index (χ2n) is 14.7. The van der Waals surface area contributed by atoms with E-state index >= 15 is 0 Å². The number of furan rings is 2. The average Bonchev–Trinajstić information content (AvgIpc) is 3.77. The standard InChI is InChI=1S/C29H22NO2.C15H28O2.Ir/c1-29(2,3)24-15-22(14-19-6-4-5-7-23(19)24)27-28-21(10-12-30-27)17-26(32-28)20-9-8-18-11-13-31-25(18)16-20;1-7-14(5,8-2)12(16)11-13(17)15(6,9-3)10-4;/h4-13,15-17H,1-3H3;11,16H,7-10H2,1-6H3;/q-1;;/b;12-11-;. The van der Waals surface area contributed by atoms with Crippen molar-refractivity contribution in [1.82, 2.24) is 4.98 Å². The molecule has 1 radical (unpaired) electrons. The molecule has 3 aromatic heterocycles. The Kier molecular flexibility index (Phi) is 12.0. The number of aliphatic hydroxyl groups excluding tert-OH is 1. The fourth-order valence-electron chi connectivity index (χ4n) is 6.07. The van der Waals surface area contributed by atoms with Crippen LogP contribution in [0.15, 0.2) is 99.9 Å². The van der Waals surface area contributed by atoms with Crippen molar-refractivity contribution in [1.29, 1.82) is 0 Å². The van der Waals surface area contributed by atoms with Gasteiger partial charge in [0.05, 0.1) is 6.26 Å². The van der Waals surface area contributed by atoms with E-state index in [0.29, 0.717) is 0 Å². The summed E-state index contributed by atoms with van der Waals surface area (Å²) in [6, 6.07) is 26.3. The van der Waals surface area contributed by atoms with Crippen LogP contribution < -0.4 is 0 Å². The number of carbonyl (C=O) groups is 1. The second kappa shape index (κ2) is 15.5. The van der Waals surface area contributed by atoms with E-state index in [0.717, 1.165) is 75.6 Å². The zero-order valence-electron chi connectivity index (χ0n) is 30.9. The van der Waals surface area contributed by atoms with Crippen molar-refractivity contribution in [3.05, 3.63) is 103 Å². The number of carbonyl (C=O) groups excluding carboxylic acids is 1. The molecule has 6 rings (SSSR count). The van der Waals surface area contributed by atoms with Gasteiger partial charge in [-0.1, -0.05) is 104 Å². The summed E-state index contributed by atoms with van der Waals surface area (Å²) < 4.78 is 12.0. The number of aromatic nitrogens is 1. The van der Waals surface area contributed by atoms with E-state index in [1.54, 1.807) is 6.26 Å². The first-order valence-electron chi connectivity index (χ1n) is 17.5. The largest absolute Gasteiger partial charge is 0.512 e. The van der Waals surface area contributed by atoms with Crippen molar-refractivity contribution in [2.45, 2.75) is 93.4 Å². The third-order valence-electron chi connectivity index (χ3n) is 10.6. The Morgan fingerprint density at radius 2 is 1.52 bits per heavy atom. The van der Waals surface area contributed by atoms with Crippen LogP contribution in [-0.4, -0.2) is 15.9 Å². The van der Waals surface area contributed by atoms with E-state index in [-0.39, 0.29) is 47.9 Å². The van der Waals surface area contributed by atoms with Gasteiger partial charge in [-0.15, -0.1) is 29.1 Å². The minimum absolute atomic E-state index is 0. The van der Waals surface area contributed by atoms with Crippen LogP contribution >= 0.6 is 0 Å². The molecule has 0 bridgehead atoms. The van der Waals surface area contributed by atoms with Crippen LogP contribution in [0.5, 0.6) is 0 Å². The number of rotatable bonds is 9. The molecule has 0 aliphatic rings. The summed E-state index contributed by atoms with van der Waals surface area (Å²) in [6.45, 7) is 18.8. The minimum atomic E-state index is -0.337. The normalized spacial score (nSPS) is 12.5. The zero-order chi connectivity index (χ0) is 35.6. The number of benzene rings is 3. The smallest absolute Gasteiger partial charge is 0.164 e. The van der Waals surface area contributed by atoms with Gasteiger partial charge < -0.3 is 13.9 Å². The number of ketones is 1. The van der Waals surface area contributed by atoms with E-state index in [9.17, 15) is 9.90 Å². The molecule has 0 atom stereocenters. The molecule has 0 spiro atoms. The molecule has 0 aliphatic carbocycles. The van der Waals surface area contributed by atoms with Crippen LogP contribution in [0.1, 0.15) is 93.6 Å². The van der Waals surface area contributed by atoms with Crippen molar-refractivity contribution in [2.24, 2.45) is 10.8 Å². The molecule has 0 saturated carbocycles. The number of nitrogens with zero attached hydrogens (tertiary/aromatic N) is 1. The van der Waals surface area contributed by atoms with Gasteiger partial charge in [-0.3, -0.25) is 9.78 Å². The van der Waals surface area contributed by atoms with Crippen LogP contribution in [0.3, 0.4) is 0 Å². The maximum absolute atomic E-state index is 12.2. The Bertz CT molecular complexity index is 2120. The van der Waals surface area contributed by atoms with Crippen LogP contribution in [0.25, 0.3) is 55.3 Å². The predicted octanol–water partition coefficient (Wildman–Crippen LogP) is 12.8. The van der Waals surface area contributed by atoms with Crippen molar-refractivity contribution in [3.8, 4) is 22.6 Å². The topological polar surface area (TPSA) is 76.5 Å². The van der Waals surface area contributed by atoms with Crippen molar-refractivity contribution in [3.63, 3.8) is 0 Å². The predicted molar refractivity (Wildman–Crippen MR) is 203 cm³/mol. The molecule has 3 aromatic carbocycles. The first-order chi connectivity index (χ1) is 23.3. The van der Waals surface area contributed by atoms with Crippen molar-refractivity contribution >= 4 is 38.5 Å². The molecule has 0 saturated heterocycles. The molecule has 1 N–H and O–H groups in total. The molecule has 0 fully saturated rings. The van der Waals surface area contributed by atoms with Gasteiger partial charge in [0.2, 0.25) is 0 Å². The molecule has 3 heterocycles. The summed E-state index contributed by atoms with van der Waals surface area (Å²) in [4.78, 5) is 16.9. The Morgan fingerprint density at radius 3 is 2.18 bits per heavy atom. The second-order valence-corrected chi connectivity index (χ2v) is 14.7. The fourth-order valence-corrected chi connectivity index (χ4v) is 6.07. The Balaban J connectivity index is 0.000000269. The summed E-state index contributed by atoms with van der Waals surface area (Å²) in [6.07, 6.45) is 8.30. The van der Waals surface area contributed by atoms with E-state index in [1.165, 1.54) is 17.0 Å². The maximum atomic E-state index is 12.2. The van der Waals surface area contributed by atoms with Crippen molar-refractivity contribution in [2.75, 3.05) is 0 Å². The minimum Gasteiger partial charge on any atom is -0.512 e. The number of hydrogen-bond acceptors (Lipinski definition) is 5. The van der Waals surface area contributed by atoms with Crippen LogP contribution in [0, 0.1) is 16.9 Å². The molecule has 0 amide bonds. The molecular formula is C44H50IrNO4-. The zero-order valence-corrected chi connectivity index (χ0v) is 33.3. The molecule has 50 heavy (non-hydrogen) atoms. The summed E-state index contributed by atoms with van der Waals surface area (Å²) >= 11 is 0. The van der Waals surface area contributed by atoms with Gasteiger partial charge in [-0.2, -0.15) is 0 Å². The van der Waals surface area contributed by atoms with Gasteiger partial charge in [-0.05, 0) is 55.4 Å². The summed E-state index contributed by atoms with van der Waals surface area (Å²) in [5.41, 5.74) is 5.01. The average molecular weight is 849 g/mol. The third kappa shape index (κ3) is 7.82. The summed E-state index contributed by atoms with van der Waals surface area (Å²) in [7, 11) is 0. The van der Waals surface area contributed by atoms with E-state index < -0.39 is 0 Å². The Morgan fingerprint density at radius 1 is 0.840 bits per heavy atom. The fraction of sp³-hybridized carbons (Fsp3) is 0.364. The monoisotopic (exact) mass is 849 g/mol. The van der Waals surface area contributed by atoms with E-state index in [4.69, 9.17) is 13.8 Å². The van der Waals surface area contributed by atoms with Gasteiger partial charge >= 0.3 is 0 Å². The first kappa shape index (κ1) is 38.8. The number of pyridine rings is 1. The van der Waals surface area contributed by atoms with Gasteiger partial charge in [0.15, 0.2) is 5.78 Å². The van der Waals surface area contributed by atoms with Gasteiger partial charge in [0.25, 0.3) is 0 Å². The Hall–Kier alpha value is -3.99. The first-order valence-corrected chi connectivity index (χ1v) is 17.5. The molecule has 0 unspecified atom stereocenters. The van der Waals surface area contributed by atoms with Gasteiger partial charge in [-0.25, -0.2) is 0 Å². The Labute approximate surface area is 310 Å². The number of fused-ring (bicyclic) bond motifs is 3. The number of hydrogen-bond donors (Lipinski definition) is 1. The van der Waals surface area contributed by atoms with Gasteiger partial charge in [0, 0.05) is 65.2 Å². The molecule has 6 heteroatoms.